The Hall–Kier alpha value is -0.540. The highest BCUT2D eigenvalue weighted by Crippen LogP contribution is 2.28. The number of rotatable bonds is 5. The van der Waals surface area contributed by atoms with Crippen molar-refractivity contribution in [1.82, 2.24) is 0 Å². The SMILES string of the molecule is OCCc1cc(Br)cc(OCC2CCC2)c1. The molecular weight excluding hydrogens is 268 g/mol. The van der Waals surface area contributed by atoms with Gasteiger partial charge in [0.25, 0.3) is 0 Å². The van der Waals surface area contributed by atoms with Gasteiger partial charge in [0.1, 0.15) is 5.75 Å². The van der Waals surface area contributed by atoms with Crippen molar-refractivity contribution in [1.29, 1.82) is 0 Å². The summed E-state index contributed by atoms with van der Waals surface area (Å²) in [6.45, 7) is 1.01. The van der Waals surface area contributed by atoms with Crippen molar-refractivity contribution in [2.24, 2.45) is 5.92 Å². The van der Waals surface area contributed by atoms with Crippen molar-refractivity contribution in [3.8, 4) is 5.75 Å². The van der Waals surface area contributed by atoms with Crippen LogP contribution in [-0.2, 0) is 6.42 Å². The highest BCUT2D eigenvalue weighted by molar-refractivity contribution is 9.10. The predicted octanol–water partition coefficient (Wildman–Crippen LogP) is 3.16. The molecule has 1 aliphatic carbocycles. The molecular formula is C13H17BrO2. The smallest absolute Gasteiger partial charge is 0.120 e. The minimum Gasteiger partial charge on any atom is -0.493 e. The molecule has 1 aromatic rings. The van der Waals surface area contributed by atoms with Crippen LogP contribution in [-0.4, -0.2) is 18.3 Å². The molecule has 1 aliphatic rings. The molecule has 0 unspecified atom stereocenters. The standard InChI is InChI=1S/C13H17BrO2/c14-12-6-11(4-5-15)7-13(8-12)16-9-10-2-1-3-10/h6-8,10,15H,1-5,9H2. The van der Waals surface area contributed by atoms with E-state index >= 15 is 0 Å². The van der Waals surface area contributed by atoms with Crippen molar-refractivity contribution in [2.45, 2.75) is 25.7 Å². The zero-order valence-electron chi connectivity index (χ0n) is 9.29. The first kappa shape index (κ1) is 11.9. The number of halogens is 1. The number of hydrogen-bond acceptors (Lipinski definition) is 2. The zero-order valence-corrected chi connectivity index (χ0v) is 10.9. The Kier molecular flexibility index (Phi) is 4.24. The summed E-state index contributed by atoms with van der Waals surface area (Å²) < 4.78 is 6.78. The first-order chi connectivity index (χ1) is 7.78. The molecule has 0 spiro atoms. The summed E-state index contributed by atoms with van der Waals surface area (Å²) in [7, 11) is 0. The van der Waals surface area contributed by atoms with Crippen LogP contribution in [0.2, 0.25) is 0 Å². The Labute approximate surface area is 105 Å². The van der Waals surface area contributed by atoms with Crippen LogP contribution < -0.4 is 4.74 Å². The van der Waals surface area contributed by atoms with E-state index < -0.39 is 0 Å². The van der Waals surface area contributed by atoms with Gasteiger partial charge in [-0.1, -0.05) is 22.4 Å². The maximum atomic E-state index is 8.91. The van der Waals surface area contributed by atoms with Crippen LogP contribution in [0.5, 0.6) is 5.75 Å². The van der Waals surface area contributed by atoms with Gasteiger partial charge in [0.05, 0.1) is 6.61 Å². The third-order valence-electron chi connectivity index (χ3n) is 3.04. The predicted molar refractivity (Wildman–Crippen MR) is 67.8 cm³/mol. The Morgan fingerprint density at radius 2 is 2.12 bits per heavy atom. The fourth-order valence-corrected chi connectivity index (χ4v) is 2.37. The molecule has 0 aromatic heterocycles. The van der Waals surface area contributed by atoms with Crippen molar-refractivity contribution < 1.29 is 9.84 Å². The van der Waals surface area contributed by atoms with Gasteiger partial charge >= 0.3 is 0 Å². The van der Waals surface area contributed by atoms with Crippen molar-refractivity contribution in [3.63, 3.8) is 0 Å². The molecule has 0 radical (unpaired) electrons. The van der Waals surface area contributed by atoms with Crippen LogP contribution in [0.25, 0.3) is 0 Å². The van der Waals surface area contributed by atoms with Gasteiger partial charge in [0.2, 0.25) is 0 Å². The molecule has 2 nitrogen and oxygen atoms in total. The molecule has 0 saturated heterocycles. The Morgan fingerprint density at radius 1 is 1.31 bits per heavy atom. The summed E-state index contributed by atoms with van der Waals surface area (Å²) in [5.41, 5.74) is 1.11. The molecule has 88 valence electrons. The second-order valence-electron chi connectivity index (χ2n) is 4.38. The van der Waals surface area contributed by atoms with E-state index in [0.29, 0.717) is 6.42 Å². The molecule has 0 atom stereocenters. The first-order valence-corrected chi connectivity index (χ1v) is 6.60. The van der Waals surface area contributed by atoms with E-state index in [4.69, 9.17) is 9.84 Å². The quantitative estimate of drug-likeness (QED) is 0.900. The van der Waals surface area contributed by atoms with E-state index in [0.717, 1.165) is 28.3 Å². The normalized spacial score (nSPS) is 15.9. The fraction of sp³-hybridized carbons (Fsp3) is 0.538. The topological polar surface area (TPSA) is 29.5 Å². The Bertz CT molecular complexity index is 348. The highest BCUT2D eigenvalue weighted by Gasteiger charge is 2.17. The Balaban J connectivity index is 1.95. The highest BCUT2D eigenvalue weighted by atomic mass is 79.9. The summed E-state index contributed by atoms with van der Waals surface area (Å²) in [6.07, 6.45) is 4.64. The lowest BCUT2D eigenvalue weighted by Crippen LogP contribution is -2.19. The molecule has 2 rings (SSSR count). The van der Waals surface area contributed by atoms with E-state index in [1.165, 1.54) is 19.3 Å². The third-order valence-corrected chi connectivity index (χ3v) is 3.50. The van der Waals surface area contributed by atoms with Crippen LogP contribution in [0.1, 0.15) is 24.8 Å². The lowest BCUT2D eigenvalue weighted by molar-refractivity contribution is 0.180. The number of aliphatic hydroxyl groups is 1. The van der Waals surface area contributed by atoms with Gasteiger partial charge in [-0.2, -0.15) is 0 Å². The lowest BCUT2D eigenvalue weighted by atomic mass is 9.86. The largest absolute Gasteiger partial charge is 0.493 e. The van der Waals surface area contributed by atoms with Crippen molar-refractivity contribution >= 4 is 15.9 Å². The van der Waals surface area contributed by atoms with Crippen LogP contribution in [0, 0.1) is 5.92 Å². The fourth-order valence-electron chi connectivity index (χ4n) is 1.85. The minimum atomic E-state index is 0.179. The second kappa shape index (κ2) is 5.69. The summed E-state index contributed by atoms with van der Waals surface area (Å²) >= 11 is 3.46. The summed E-state index contributed by atoms with van der Waals surface area (Å²) in [5.74, 6) is 1.66. The van der Waals surface area contributed by atoms with Gasteiger partial charge < -0.3 is 9.84 Å². The zero-order chi connectivity index (χ0) is 11.4. The van der Waals surface area contributed by atoms with E-state index in [1.54, 1.807) is 0 Å². The van der Waals surface area contributed by atoms with Crippen LogP contribution in [0.4, 0.5) is 0 Å². The van der Waals surface area contributed by atoms with Gasteiger partial charge in [-0.05, 0) is 48.9 Å². The molecule has 1 aromatic carbocycles. The molecule has 0 amide bonds. The van der Waals surface area contributed by atoms with Crippen LogP contribution in [0.15, 0.2) is 22.7 Å². The molecule has 1 saturated carbocycles. The molecule has 16 heavy (non-hydrogen) atoms. The molecule has 0 aliphatic heterocycles. The molecule has 0 bridgehead atoms. The average Bonchev–Trinajstić information content (AvgIpc) is 2.14. The van der Waals surface area contributed by atoms with E-state index in [-0.39, 0.29) is 6.61 Å². The minimum absolute atomic E-state index is 0.179. The van der Waals surface area contributed by atoms with Gasteiger partial charge in [0, 0.05) is 11.1 Å². The van der Waals surface area contributed by atoms with E-state index in [9.17, 15) is 0 Å². The third kappa shape index (κ3) is 3.22. The van der Waals surface area contributed by atoms with E-state index in [1.807, 2.05) is 18.2 Å². The van der Waals surface area contributed by atoms with Crippen LogP contribution in [0.3, 0.4) is 0 Å². The Morgan fingerprint density at radius 3 is 2.75 bits per heavy atom. The van der Waals surface area contributed by atoms with Crippen LogP contribution >= 0.6 is 15.9 Å². The molecule has 3 heteroatoms. The maximum absolute atomic E-state index is 8.91. The van der Waals surface area contributed by atoms with Gasteiger partial charge in [-0.3, -0.25) is 0 Å². The second-order valence-corrected chi connectivity index (χ2v) is 5.29. The summed E-state index contributed by atoms with van der Waals surface area (Å²) in [6, 6.07) is 6.02. The average molecular weight is 285 g/mol. The monoisotopic (exact) mass is 284 g/mol. The van der Waals surface area contributed by atoms with E-state index in [2.05, 4.69) is 15.9 Å². The summed E-state index contributed by atoms with van der Waals surface area (Å²) in [5, 5.41) is 8.91. The number of hydrogen-bond donors (Lipinski definition) is 1. The van der Waals surface area contributed by atoms with Crippen molar-refractivity contribution in [3.05, 3.63) is 28.2 Å². The lowest BCUT2D eigenvalue weighted by Gasteiger charge is -2.25. The van der Waals surface area contributed by atoms with Crippen molar-refractivity contribution in [2.75, 3.05) is 13.2 Å². The van der Waals surface area contributed by atoms with Gasteiger partial charge in [0.15, 0.2) is 0 Å². The van der Waals surface area contributed by atoms with Gasteiger partial charge in [-0.15, -0.1) is 0 Å². The molecule has 1 fully saturated rings. The number of aliphatic hydroxyl groups excluding tert-OH is 1. The van der Waals surface area contributed by atoms with Gasteiger partial charge in [-0.25, -0.2) is 0 Å². The number of benzene rings is 1. The molecule has 1 N–H and O–H groups in total. The molecule has 0 heterocycles. The number of ether oxygens (including phenoxy) is 1. The maximum Gasteiger partial charge on any atom is 0.120 e. The summed E-state index contributed by atoms with van der Waals surface area (Å²) in [4.78, 5) is 0. The first-order valence-electron chi connectivity index (χ1n) is 5.81.